The lowest BCUT2D eigenvalue weighted by molar-refractivity contribution is 0.419. The van der Waals surface area contributed by atoms with E-state index >= 15 is 0 Å². The second-order valence-electron chi connectivity index (χ2n) is 16.8. The molecule has 0 radical (unpaired) electrons. The Bertz CT molecular complexity index is 2240. The van der Waals surface area contributed by atoms with Gasteiger partial charge >= 0.3 is 0 Å². The van der Waals surface area contributed by atoms with Crippen LogP contribution >= 0.6 is 0 Å². The van der Waals surface area contributed by atoms with Crippen LogP contribution in [0.25, 0.3) is 33.0 Å². The summed E-state index contributed by atoms with van der Waals surface area (Å²) in [5, 5.41) is 2.58. The van der Waals surface area contributed by atoms with Crippen molar-refractivity contribution < 1.29 is 0 Å². The van der Waals surface area contributed by atoms with E-state index in [1.165, 1.54) is 131 Å². The van der Waals surface area contributed by atoms with Gasteiger partial charge in [-0.25, -0.2) is 0 Å². The van der Waals surface area contributed by atoms with Gasteiger partial charge in [-0.2, -0.15) is 0 Å². The molecule has 3 saturated carbocycles. The zero-order valence-corrected chi connectivity index (χ0v) is 30.3. The summed E-state index contributed by atoms with van der Waals surface area (Å²) < 4.78 is 0. The summed E-state index contributed by atoms with van der Waals surface area (Å²) in [5.41, 5.74) is 15.2. The van der Waals surface area contributed by atoms with E-state index in [0.717, 1.165) is 5.92 Å². The van der Waals surface area contributed by atoms with Crippen LogP contribution in [0.5, 0.6) is 0 Å². The van der Waals surface area contributed by atoms with Crippen molar-refractivity contribution in [2.45, 2.75) is 94.8 Å². The van der Waals surface area contributed by atoms with E-state index < -0.39 is 0 Å². The van der Waals surface area contributed by atoms with Crippen LogP contribution in [0.4, 0.5) is 17.1 Å². The Kier molecular flexibility index (Phi) is 7.31. The van der Waals surface area contributed by atoms with Crippen molar-refractivity contribution in [3.8, 4) is 22.3 Å². The van der Waals surface area contributed by atoms with Gasteiger partial charge in [0.1, 0.15) is 0 Å². The molecule has 0 saturated heterocycles. The monoisotopic (exact) mass is 663 g/mol. The first-order chi connectivity index (χ1) is 25.0. The molecule has 0 unspecified atom stereocenters. The fourth-order valence-electron chi connectivity index (χ4n) is 10.9. The van der Waals surface area contributed by atoms with E-state index in [1.54, 1.807) is 5.56 Å². The van der Waals surface area contributed by atoms with Crippen LogP contribution in [0.3, 0.4) is 0 Å². The fourth-order valence-corrected chi connectivity index (χ4v) is 10.9. The zero-order valence-electron chi connectivity index (χ0n) is 30.3. The van der Waals surface area contributed by atoms with Crippen LogP contribution in [0.2, 0.25) is 0 Å². The molecule has 0 aromatic heterocycles. The molecule has 1 nitrogen and oxygen atoms in total. The van der Waals surface area contributed by atoms with Gasteiger partial charge in [0, 0.05) is 22.4 Å². The topological polar surface area (TPSA) is 3.24 Å². The molecule has 6 aromatic rings. The van der Waals surface area contributed by atoms with Gasteiger partial charge in [0.05, 0.1) is 5.69 Å². The Morgan fingerprint density at radius 3 is 1.96 bits per heavy atom. The summed E-state index contributed by atoms with van der Waals surface area (Å²) in [6, 6.07) is 49.4. The van der Waals surface area contributed by atoms with Gasteiger partial charge in [-0.15, -0.1) is 0 Å². The third-order valence-corrected chi connectivity index (χ3v) is 13.7. The number of benzene rings is 6. The number of anilines is 3. The normalized spacial score (nSPS) is 21.9. The third kappa shape index (κ3) is 5.02. The molecule has 0 heterocycles. The van der Waals surface area contributed by atoms with Gasteiger partial charge in [-0.05, 0) is 148 Å². The van der Waals surface area contributed by atoms with Crippen LogP contribution in [-0.4, -0.2) is 0 Å². The molecule has 0 N–H and O–H groups in total. The molecule has 51 heavy (non-hydrogen) atoms. The van der Waals surface area contributed by atoms with E-state index in [2.05, 4.69) is 146 Å². The van der Waals surface area contributed by atoms with Crippen molar-refractivity contribution in [2.75, 3.05) is 4.90 Å². The molecule has 4 aliphatic carbocycles. The van der Waals surface area contributed by atoms with Crippen molar-refractivity contribution >= 4 is 27.8 Å². The molecule has 10 rings (SSSR count). The highest BCUT2D eigenvalue weighted by Crippen LogP contribution is 2.57. The van der Waals surface area contributed by atoms with Crippen molar-refractivity contribution in [1.29, 1.82) is 0 Å². The van der Waals surface area contributed by atoms with Crippen LogP contribution in [-0.2, 0) is 10.8 Å². The van der Waals surface area contributed by atoms with Crippen molar-refractivity contribution in [3.63, 3.8) is 0 Å². The minimum atomic E-state index is -0.0982. The Hall–Kier alpha value is -4.62. The lowest BCUT2D eigenvalue weighted by atomic mass is 9.78. The molecule has 3 fully saturated rings. The first kappa shape index (κ1) is 31.1. The van der Waals surface area contributed by atoms with E-state index in [0.29, 0.717) is 11.3 Å². The van der Waals surface area contributed by atoms with Crippen LogP contribution in [0.1, 0.15) is 106 Å². The van der Waals surface area contributed by atoms with E-state index in [1.807, 2.05) is 0 Å². The first-order valence-corrected chi connectivity index (χ1v) is 19.8. The predicted octanol–water partition coefficient (Wildman–Crippen LogP) is 14.2. The summed E-state index contributed by atoms with van der Waals surface area (Å²) in [5.74, 6) is 1.62. The van der Waals surface area contributed by atoms with Gasteiger partial charge in [-0.1, -0.05) is 124 Å². The largest absolute Gasteiger partial charge is 0.310 e. The number of hydrogen-bond acceptors (Lipinski definition) is 1. The Morgan fingerprint density at radius 2 is 1.22 bits per heavy atom. The highest BCUT2D eigenvalue weighted by Gasteiger charge is 2.45. The molecule has 0 spiro atoms. The number of nitrogens with zero attached hydrogens (tertiary/aromatic N) is 1. The maximum Gasteiger partial charge on any atom is 0.0543 e. The lowest BCUT2D eigenvalue weighted by Gasteiger charge is -2.32. The second-order valence-corrected chi connectivity index (χ2v) is 16.8. The molecule has 6 aromatic carbocycles. The summed E-state index contributed by atoms with van der Waals surface area (Å²) in [4.78, 5) is 2.58. The minimum Gasteiger partial charge on any atom is -0.310 e. The van der Waals surface area contributed by atoms with Crippen molar-refractivity contribution in [1.82, 2.24) is 0 Å². The first-order valence-electron chi connectivity index (χ1n) is 19.8. The summed E-state index contributed by atoms with van der Waals surface area (Å²) in [6.45, 7) is 4.82. The fraction of sp³-hybridized carbons (Fsp3) is 0.320. The predicted molar refractivity (Wildman–Crippen MR) is 216 cm³/mol. The van der Waals surface area contributed by atoms with Gasteiger partial charge in [-0.3, -0.25) is 0 Å². The molecule has 0 atom stereocenters. The third-order valence-electron chi connectivity index (χ3n) is 13.7. The van der Waals surface area contributed by atoms with E-state index in [9.17, 15) is 0 Å². The summed E-state index contributed by atoms with van der Waals surface area (Å²) >= 11 is 0. The van der Waals surface area contributed by atoms with E-state index in [4.69, 9.17) is 0 Å². The quantitative estimate of drug-likeness (QED) is 0.171. The highest BCUT2D eigenvalue weighted by molar-refractivity contribution is 6.03. The second kappa shape index (κ2) is 12.0. The number of rotatable bonds is 6. The Labute approximate surface area is 304 Å². The Balaban J connectivity index is 1.20. The SMILES string of the molecule is CC1(C)c2ccccc2-c2cc(-c3cccc4ccccc34)c(N(c3ccc(C4CCCCC4)cc3)c3ccc(C45CCC(CC4)C5)cc3)cc21. The van der Waals surface area contributed by atoms with E-state index in [-0.39, 0.29) is 5.41 Å². The molecular weight excluding hydrogens is 615 g/mol. The molecule has 4 aliphatic rings. The average molecular weight is 664 g/mol. The van der Waals surface area contributed by atoms with Crippen LogP contribution < -0.4 is 4.90 Å². The highest BCUT2D eigenvalue weighted by atomic mass is 15.1. The van der Waals surface area contributed by atoms with Gasteiger partial charge in [0.25, 0.3) is 0 Å². The standard InChI is InChI=1S/C50H49N/c1-49(2)46-18-9-8-16-43(46)44-31-45(42-17-10-14-37-13-6-7-15-41(37)42)48(32-47(44)49)51(39-23-19-36(20-24-39)35-11-4-3-5-12-35)40-25-21-38(22-26-40)50-29-27-34(33-50)28-30-50/h6-10,13-26,31-32,34-35H,3-5,11-12,27-30,33H2,1-2H3. The Morgan fingerprint density at radius 1 is 0.549 bits per heavy atom. The maximum absolute atomic E-state index is 2.58. The zero-order chi connectivity index (χ0) is 34.2. The molecule has 254 valence electrons. The molecule has 2 bridgehead atoms. The molecule has 1 heteroatoms. The number of fused-ring (bicyclic) bond motifs is 6. The van der Waals surface area contributed by atoms with Crippen LogP contribution in [0, 0.1) is 5.92 Å². The minimum absolute atomic E-state index is 0.0982. The molecular formula is C50H49N. The number of hydrogen-bond donors (Lipinski definition) is 0. The maximum atomic E-state index is 2.58. The smallest absolute Gasteiger partial charge is 0.0543 e. The van der Waals surface area contributed by atoms with Crippen LogP contribution in [0.15, 0.2) is 127 Å². The average Bonchev–Trinajstić information content (AvgIpc) is 3.87. The molecule has 0 aliphatic heterocycles. The summed E-state index contributed by atoms with van der Waals surface area (Å²) in [6.07, 6.45) is 13.6. The summed E-state index contributed by atoms with van der Waals surface area (Å²) in [7, 11) is 0. The lowest BCUT2D eigenvalue weighted by Crippen LogP contribution is -2.20. The molecule has 0 amide bonds. The van der Waals surface area contributed by atoms with Crippen molar-refractivity contribution in [2.24, 2.45) is 5.92 Å². The van der Waals surface area contributed by atoms with Gasteiger partial charge in [0.15, 0.2) is 0 Å². The van der Waals surface area contributed by atoms with Gasteiger partial charge < -0.3 is 4.90 Å². The van der Waals surface area contributed by atoms with Crippen molar-refractivity contribution in [3.05, 3.63) is 150 Å². The van der Waals surface area contributed by atoms with Gasteiger partial charge in [0.2, 0.25) is 0 Å².